The van der Waals surface area contributed by atoms with E-state index in [1.54, 1.807) is 0 Å². The highest BCUT2D eigenvalue weighted by Crippen LogP contribution is 2.33. The molecular formula is C6H5N3O5. The Balaban J connectivity index is 3.69. The van der Waals surface area contributed by atoms with Crippen molar-refractivity contribution < 1.29 is 10.0 Å². The van der Waals surface area contributed by atoms with Crippen LogP contribution in [0.4, 0.5) is 11.4 Å². The molecule has 1 heterocycles. The van der Waals surface area contributed by atoms with Gasteiger partial charge < -0.3 is 10.1 Å². The summed E-state index contributed by atoms with van der Waals surface area (Å²) in [7, 11) is 0. The SMILES string of the molecule is Cc1[nH]c(=O)c(N=O)c(O)c1[N+](=O)[O-]. The molecular weight excluding hydrogens is 194 g/mol. The van der Waals surface area contributed by atoms with Crippen molar-refractivity contribution in [2.75, 3.05) is 0 Å². The molecule has 0 aliphatic carbocycles. The molecule has 0 aromatic carbocycles. The van der Waals surface area contributed by atoms with E-state index >= 15 is 0 Å². The molecule has 0 fully saturated rings. The fourth-order valence-corrected chi connectivity index (χ4v) is 0.994. The third-order valence-corrected chi connectivity index (χ3v) is 1.59. The summed E-state index contributed by atoms with van der Waals surface area (Å²) >= 11 is 0. The van der Waals surface area contributed by atoms with Gasteiger partial charge >= 0.3 is 5.69 Å². The summed E-state index contributed by atoms with van der Waals surface area (Å²) in [6.07, 6.45) is 0. The Bertz CT molecular complexity index is 463. The molecule has 2 N–H and O–H groups in total. The van der Waals surface area contributed by atoms with E-state index in [2.05, 4.69) is 5.18 Å². The molecule has 74 valence electrons. The van der Waals surface area contributed by atoms with E-state index in [0.29, 0.717) is 0 Å². The van der Waals surface area contributed by atoms with E-state index < -0.39 is 27.6 Å². The number of pyridine rings is 1. The Labute approximate surface area is 76.3 Å². The molecule has 0 amide bonds. The lowest BCUT2D eigenvalue weighted by molar-refractivity contribution is -0.386. The Morgan fingerprint density at radius 1 is 1.57 bits per heavy atom. The highest BCUT2D eigenvalue weighted by atomic mass is 16.6. The fraction of sp³-hybridized carbons (Fsp3) is 0.167. The van der Waals surface area contributed by atoms with Crippen LogP contribution in [-0.2, 0) is 0 Å². The summed E-state index contributed by atoms with van der Waals surface area (Å²) in [4.78, 5) is 32.5. The third-order valence-electron chi connectivity index (χ3n) is 1.59. The van der Waals surface area contributed by atoms with Crippen molar-refractivity contribution in [3.63, 3.8) is 0 Å². The summed E-state index contributed by atoms with van der Waals surface area (Å²) < 4.78 is 0. The highest BCUT2D eigenvalue weighted by molar-refractivity contribution is 5.62. The molecule has 0 radical (unpaired) electrons. The molecule has 8 heteroatoms. The van der Waals surface area contributed by atoms with Crippen molar-refractivity contribution in [2.45, 2.75) is 6.92 Å². The van der Waals surface area contributed by atoms with Crippen LogP contribution >= 0.6 is 0 Å². The largest absolute Gasteiger partial charge is 0.500 e. The lowest BCUT2D eigenvalue weighted by Crippen LogP contribution is -2.09. The fourth-order valence-electron chi connectivity index (χ4n) is 0.994. The Morgan fingerprint density at radius 3 is 2.57 bits per heavy atom. The molecule has 1 rings (SSSR count). The molecule has 8 nitrogen and oxygen atoms in total. The molecule has 0 saturated heterocycles. The number of rotatable bonds is 2. The summed E-state index contributed by atoms with van der Waals surface area (Å²) in [5, 5.41) is 21.8. The van der Waals surface area contributed by atoms with E-state index in [4.69, 9.17) is 5.11 Å². The molecule has 14 heavy (non-hydrogen) atoms. The first-order chi connectivity index (χ1) is 6.49. The first-order valence-corrected chi connectivity index (χ1v) is 3.42. The summed E-state index contributed by atoms with van der Waals surface area (Å²) in [6.45, 7) is 1.23. The van der Waals surface area contributed by atoms with E-state index in [0.717, 1.165) is 0 Å². The summed E-state index contributed by atoms with van der Waals surface area (Å²) in [5.74, 6) is -1.01. The standard InChI is InChI=1S/C6H5N3O5/c1-2-4(9(13)14)5(10)3(8-12)6(11)7-2/h1H3,(H2,7,10,11). The number of nitrogens with zero attached hydrogens (tertiary/aromatic N) is 2. The first-order valence-electron chi connectivity index (χ1n) is 3.42. The van der Waals surface area contributed by atoms with Gasteiger partial charge in [0.15, 0.2) is 0 Å². The predicted molar refractivity (Wildman–Crippen MR) is 45.6 cm³/mol. The van der Waals surface area contributed by atoms with Gasteiger partial charge in [-0.05, 0) is 12.1 Å². The van der Waals surface area contributed by atoms with Gasteiger partial charge in [0.05, 0.1) is 10.6 Å². The second kappa shape index (κ2) is 3.24. The van der Waals surface area contributed by atoms with Gasteiger partial charge in [-0.3, -0.25) is 14.9 Å². The molecule has 1 aromatic rings. The number of nitroso groups, excluding NO2 is 1. The molecule has 0 aliphatic rings. The molecule has 0 saturated carbocycles. The maximum absolute atomic E-state index is 10.9. The normalized spacial score (nSPS) is 9.79. The van der Waals surface area contributed by atoms with E-state index in [9.17, 15) is 19.8 Å². The number of H-pyrrole nitrogens is 1. The Hall–Kier alpha value is -2.25. The number of aromatic nitrogens is 1. The lowest BCUT2D eigenvalue weighted by Gasteiger charge is -1.99. The predicted octanol–water partition coefficient (Wildman–Crippen LogP) is 0.695. The number of nitrogens with one attached hydrogen (secondary N) is 1. The average molecular weight is 199 g/mol. The number of aryl methyl sites for hydroxylation is 1. The van der Waals surface area contributed by atoms with Crippen molar-refractivity contribution in [1.82, 2.24) is 4.98 Å². The minimum Gasteiger partial charge on any atom is -0.500 e. The van der Waals surface area contributed by atoms with Crippen LogP contribution in [0.2, 0.25) is 0 Å². The second-order valence-corrected chi connectivity index (χ2v) is 2.47. The topological polar surface area (TPSA) is 126 Å². The highest BCUT2D eigenvalue weighted by Gasteiger charge is 2.24. The maximum atomic E-state index is 10.9. The number of aromatic amines is 1. The van der Waals surface area contributed by atoms with E-state index in [-0.39, 0.29) is 5.69 Å². The number of hydrogen-bond donors (Lipinski definition) is 2. The van der Waals surface area contributed by atoms with Crippen LogP contribution < -0.4 is 5.56 Å². The van der Waals surface area contributed by atoms with Crippen LogP contribution in [0.25, 0.3) is 0 Å². The zero-order valence-corrected chi connectivity index (χ0v) is 6.97. The molecule has 0 bridgehead atoms. The van der Waals surface area contributed by atoms with Gasteiger partial charge in [0.1, 0.15) is 0 Å². The third kappa shape index (κ3) is 1.32. The first kappa shape index (κ1) is 9.84. The van der Waals surface area contributed by atoms with Crippen LogP contribution in [0.5, 0.6) is 5.75 Å². The maximum Gasteiger partial charge on any atom is 0.332 e. The van der Waals surface area contributed by atoms with E-state index in [1.807, 2.05) is 4.98 Å². The van der Waals surface area contributed by atoms with Crippen LogP contribution in [0, 0.1) is 21.9 Å². The van der Waals surface area contributed by atoms with Crippen molar-refractivity contribution in [2.24, 2.45) is 5.18 Å². The number of aromatic hydroxyl groups is 1. The van der Waals surface area contributed by atoms with Crippen molar-refractivity contribution in [1.29, 1.82) is 0 Å². The summed E-state index contributed by atoms with van der Waals surface area (Å²) in [6, 6.07) is 0. The quantitative estimate of drug-likeness (QED) is 0.411. The smallest absolute Gasteiger partial charge is 0.332 e. The molecule has 0 aliphatic heterocycles. The second-order valence-electron chi connectivity index (χ2n) is 2.47. The molecule has 0 unspecified atom stereocenters. The van der Waals surface area contributed by atoms with Gasteiger partial charge in [0.2, 0.25) is 11.4 Å². The van der Waals surface area contributed by atoms with Crippen molar-refractivity contribution >= 4 is 11.4 Å². The van der Waals surface area contributed by atoms with Gasteiger partial charge in [-0.1, -0.05) is 0 Å². The van der Waals surface area contributed by atoms with Crippen LogP contribution in [0.1, 0.15) is 5.69 Å². The minimum atomic E-state index is -1.01. The van der Waals surface area contributed by atoms with Gasteiger partial charge in [0, 0.05) is 0 Å². The lowest BCUT2D eigenvalue weighted by atomic mass is 10.2. The zero-order valence-electron chi connectivity index (χ0n) is 6.97. The molecule has 0 atom stereocenters. The minimum absolute atomic E-state index is 0.134. The van der Waals surface area contributed by atoms with Crippen LogP contribution in [0.3, 0.4) is 0 Å². The van der Waals surface area contributed by atoms with Gasteiger partial charge in [-0.25, -0.2) is 0 Å². The number of nitro groups is 1. The van der Waals surface area contributed by atoms with Gasteiger partial charge in [-0.2, -0.15) is 0 Å². The molecule has 0 spiro atoms. The monoisotopic (exact) mass is 199 g/mol. The Morgan fingerprint density at radius 2 is 2.14 bits per heavy atom. The van der Waals surface area contributed by atoms with Crippen LogP contribution in [0.15, 0.2) is 9.97 Å². The Kier molecular flexibility index (Phi) is 2.28. The zero-order chi connectivity index (χ0) is 10.9. The van der Waals surface area contributed by atoms with Crippen LogP contribution in [-0.4, -0.2) is 15.0 Å². The van der Waals surface area contributed by atoms with Crippen molar-refractivity contribution in [3.05, 3.63) is 31.1 Å². The van der Waals surface area contributed by atoms with Gasteiger partial charge in [0.25, 0.3) is 5.56 Å². The van der Waals surface area contributed by atoms with Gasteiger partial charge in [-0.15, -0.1) is 4.91 Å². The summed E-state index contributed by atoms with van der Waals surface area (Å²) in [5.41, 5.74) is -2.70. The number of hydrogen-bond acceptors (Lipinski definition) is 6. The molecule has 1 aromatic heterocycles. The van der Waals surface area contributed by atoms with Crippen molar-refractivity contribution in [3.8, 4) is 5.75 Å². The van der Waals surface area contributed by atoms with E-state index in [1.165, 1.54) is 6.92 Å². The average Bonchev–Trinajstić information content (AvgIpc) is 2.02.